The summed E-state index contributed by atoms with van der Waals surface area (Å²) in [6, 6.07) is 8.27. The van der Waals surface area contributed by atoms with Gasteiger partial charge in [0.25, 0.3) is 0 Å². The minimum Gasteiger partial charge on any atom is -0.409 e. The second-order valence-corrected chi connectivity index (χ2v) is 7.44. The Bertz CT molecular complexity index is 940. The number of fused-ring (bicyclic) bond motifs is 1. The first-order chi connectivity index (χ1) is 13.4. The Morgan fingerprint density at radius 1 is 1.21 bits per heavy atom. The van der Waals surface area contributed by atoms with Crippen molar-refractivity contribution in [2.45, 2.75) is 44.0 Å². The van der Waals surface area contributed by atoms with Crippen LogP contribution in [0.4, 0.5) is 0 Å². The third-order valence-electron chi connectivity index (χ3n) is 5.15. The summed E-state index contributed by atoms with van der Waals surface area (Å²) in [5.74, 6) is 0.184. The van der Waals surface area contributed by atoms with Crippen LogP contribution in [0.5, 0.6) is 0 Å². The predicted molar refractivity (Wildman–Crippen MR) is 102 cm³/mol. The van der Waals surface area contributed by atoms with Crippen molar-refractivity contribution in [3.05, 3.63) is 58.4 Å². The Hall–Kier alpha value is -2.23. The molecule has 3 heterocycles. The van der Waals surface area contributed by atoms with Crippen LogP contribution < -0.4 is 0 Å². The highest BCUT2D eigenvalue weighted by atomic mass is 35.5. The van der Waals surface area contributed by atoms with Crippen LogP contribution in [0.1, 0.15) is 36.1 Å². The maximum atomic E-state index is 10.7. The molecule has 148 valence electrons. The van der Waals surface area contributed by atoms with E-state index in [-0.39, 0.29) is 5.84 Å². The van der Waals surface area contributed by atoms with Gasteiger partial charge in [0.15, 0.2) is 12.1 Å². The third-order valence-corrected chi connectivity index (χ3v) is 5.40. The molecule has 4 rings (SSSR count). The van der Waals surface area contributed by atoms with E-state index >= 15 is 0 Å². The fraction of sp³-hybridized carbons (Fsp3) is 0.368. The second-order valence-electron chi connectivity index (χ2n) is 7.00. The number of ether oxygens (including phenoxy) is 1. The van der Waals surface area contributed by atoms with Crippen LogP contribution in [0.15, 0.2) is 46.7 Å². The number of amidine groups is 1. The summed E-state index contributed by atoms with van der Waals surface area (Å²) in [6.45, 7) is 1.80. The van der Waals surface area contributed by atoms with Gasteiger partial charge in [-0.15, -0.1) is 0 Å². The number of aliphatic hydroxyl groups is 3. The van der Waals surface area contributed by atoms with Gasteiger partial charge < -0.3 is 29.8 Å². The quantitative estimate of drug-likeness (QED) is 0.457. The van der Waals surface area contributed by atoms with E-state index in [0.717, 1.165) is 11.4 Å². The van der Waals surface area contributed by atoms with Gasteiger partial charge in [-0.1, -0.05) is 28.9 Å². The van der Waals surface area contributed by atoms with Crippen LogP contribution in [0.3, 0.4) is 0 Å². The first-order valence-corrected chi connectivity index (χ1v) is 9.20. The second kappa shape index (κ2) is 7.31. The van der Waals surface area contributed by atoms with E-state index in [1.54, 1.807) is 48.0 Å². The summed E-state index contributed by atoms with van der Waals surface area (Å²) < 4.78 is 7.57. The fourth-order valence-corrected chi connectivity index (χ4v) is 3.86. The molecule has 2 aromatic rings. The van der Waals surface area contributed by atoms with Gasteiger partial charge in [-0.25, -0.2) is 4.99 Å². The third kappa shape index (κ3) is 3.13. The Labute approximate surface area is 166 Å². The summed E-state index contributed by atoms with van der Waals surface area (Å²) in [5.41, 5.74) is 2.64. The molecule has 0 spiro atoms. The molecule has 1 aromatic carbocycles. The van der Waals surface area contributed by atoms with E-state index in [1.807, 2.05) is 0 Å². The lowest BCUT2D eigenvalue weighted by molar-refractivity contribution is -0.0864. The molecule has 4 N–H and O–H groups in total. The minimum absolute atomic E-state index is 0.184. The molecule has 0 aliphatic carbocycles. The molecule has 5 atom stereocenters. The average molecular weight is 406 g/mol. The van der Waals surface area contributed by atoms with E-state index in [1.165, 1.54) is 0 Å². The lowest BCUT2D eigenvalue weighted by atomic mass is 9.99. The highest BCUT2D eigenvalue weighted by molar-refractivity contribution is 6.30. The monoisotopic (exact) mass is 405 g/mol. The van der Waals surface area contributed by atoms with Crippen LogP contribution in [0.25, 0.3) is 0 Å². The van der Waals surface area contributed by atoms with Crippen molar-refractivity contribution in [1.29, 1.82) is 0 Å². The maximum Gasteiger partial charge on any atom is 0.200 e. The number of hydrogen-bond acceptors (Lipinski definition) is 6. The van der Waals surface area contributed by atoms with Gasteiger partial charge in [0.05, 0.1) is 0 Å². The summed E-state index contributed by atoms with van der Waals surface area (Å²) in [4.78, 5) is 4.21. The van der Waals surface area contributed by atoms with Gasteiger partial charge in [0, 0.05) is 34.6 Å². The fourth-order valence-electron chi connectivity index (χ4n) is 3.73. The molecule has 0 saturated carbocycles. The number of aliphatic imine (C=N–C) groups is 1. The number of oxime groups is 1. The van der Waals surface area contributed by atoms with Crippen molar-refractivity contribution in [2.75, 3.05) is 0 Å². The molecule has 0 radical (unpaired) electrons. The molecule has 0 unspecified atom stereocenters. The molecule has 1 fully saturated rings. The first-order valence-electron chi connectivity index (χ1n) is 8.82. The van der Waals surface area contributed by atoms with Crippen molar-refractivity contribution in [3.8, 4) is 0 Å². The predicted octanol–water partition coefficient (Wildman–Crippen LogP) is 1.65. The number of aliphatic hydroxyl groups excluding tert-OH is 3. The molecule has 0 bridgehead atoms. The van der Waals surface area contributed by atoms with E-state index in [0.29, 0.717) is 22.6 Å². The molecule has 9 heteroatoms. The minimum atomic E-state index is -1.29. The summed E-state index contributed by atoms with van der Waals surface area (Å²) in [6.07, 6.45) is -3.46. The van der Waals surface area contributed by atoms with Crippen LogP contribution in [0.2, 0.25) is 5.02 Å². The van der Waals surface area contributed by atoms with Crippen molar-refractivity contribution in [1.82, 2.24) is 4.57 Å². The van der Waals surface area contributed by atoms with Crippen LogP contribution in [0, 0.1) is 0 Å². The van der Waals surface area contributed by atoms with Gasteiger partial charge in [-0.2, -0.15) is 0 Å². The van der Waals surface area contributed by atoms with Gasteiger partial charge in [0.2, 0.25) is 0 Å². The van der Waals surface area contributed by atoms with Gasteiger partial charge >= 0.3 is 0 Å². The molecular formula is C19H20ClN3O5. The molecule has 2 aliphatic rings. The Kier molecular flexibility index (Phi) is 4.98. The Morgan fingerprint density at radius 3 is 2.61 bits per heavy atom. The van der Waals surface area contributed by atoms with Crippen molar-refractivity contribution < 1.29 is 25.3 Å². The van der Waals surface area contributed by atoms with Gasteiger partial charge in [0.1, 0.15) is 24.4 Å². The zero-order chi connectivity index (χ0) is 20.0. The highest BCUT2D eigenvalue weighted by Crippen LogP contribution is 2.38. The first kappa shape index (κ1) is 19.1. The molecule has 2 aliphatic heterocycles. The highest BCUT2D eigenvalue weighted by Gasteiger charge is 2.47. The zero-order valence-corrected chi connectivity index (χ0v) is 15.7. The number of rotatable bonds is 3. The molecule has 0 amide bonds. The van der Waals surface area contributed by atoms with Crippen LogP contribution in [-0.4, -0.2) is 55.0 Å². The largest absolute Gasteiger partial charge is 0.409 e. The number of aromatic nitrogens is 1. The molecule has 28 heavy (non-hydrogen) atoms. The Morgan fingerprint density at radius 2 is 1.93 bits per heavy atom. The smallest absolute Gasteiger partial charge is 0.200 e. The molecule has 1 aromatic heterocycles. The average Bonchev–Trinajstić information content (AvgIpc) is 3.22. The van der Waals surface area contributed by atoms with Crippen molar-refractivity contribution in [2.24, 2.45) is 10.1 Å². The normalized spacial score (nSPS) is 29.6. The standard InChI is InChI=1S/C19H20ClN3O5/c1-9-8-13-12(18(21-9)22-27)6-7-23(13)19-16(26)15(25)17(28-19)14(24)10-2-4-11(20)5-3-10/h2-7,14-17,19,24-27H,8H2,1H3/b22-18-/t14-,15+,16-,17-,19-/m1/s1. The maximum absolute atomic E-state index is 10.7. The Balaban J connectivity index is 1.63. The number of benzene rings is 1. The molecule has 1 saturated heterocycles. The van der Waals surface area contributed by atoms with Crippen molar-refractivity contribution in [3.63, 3.8) is 0 Å². The number of nitrogens with zero attached hydrogens (tertiary/aromatic N) is 3. The van der Waals surface area contributed by atoms with Crippen LogP contribution >= 0.6 is 11.6 Å². The topological polar surface area (TPSA) is 120 Å². The van der Waals surface area contributed by atoms with Gasteiger partial charge in [-0.3, -0.25) is 0 Å². The summed E-state index contributed by atoms with van der Waals surface area (Å²) in [5, 5.41) is 44.7. The lowest BCUT2D eigenvalue weighted by Gasteiger charge is -2.23. The summed E-state index contributed by atoms with van der Waals surface area (Å²) >= 11 is 5.88. The zero-order valence-electron chi connectivity index (χ0n) is 15.0. The molecular weight excluding hydrogens is 386 g/mol. The van der Waals surface area contributed by atoms with Gasteiger partial charge in [-0.05, 0) is 30.7 Å². The van der Waals surface area contributed by atoms with E-state index in [2.05, 4.69) is 10.1 Å². The number of halogens is 1. The number of hydrogen-bond donors (Lipinski definition) is 4. The van der Waals surface area contributed by atoms with E-state index in [9.17, 15) is 20.5 Å². The van der Waals surface area contributed by atoms with E-state index < -0.39 is 30.6 Å². The molecule has 8 nitrogen and oxygen atoms in total. The lowest BCUT2D eigenvalue weighted by Crippen LogP contribution is -2.35. The van der Waals surface area contributed by atoms with Crippen molar-refractivity contribution >= 4 is 23.1 Å². The van der Waals surface area contributed by atoms with E-state index in [4.69, 9.17) is 16.3 Å². The summed E-state index contributed by atoms with van der Waals surface area (Å²) in [7, 11) is 0. The SMILES string of the molecule is CC1=N/C(=N\O)c2ccn([C@@H]3O[C@H]([C@H](O)c4ccc(Cl)cc4)[C@@H](O)[C@H]3O)c2C1. The van der Waals surface area contributed by atoms with Crippen LogP contribution in [-0.2, 0) is 11.2 Å².